The van der Waals surface area contributed by atoms with Gasteiger partial charge in [0.15, 0.2) is 0 Å². The maximum Gasteiger partial charge on any atom is 1.00 e. The van der Waals surface area contributed by atoms with Crippen molar-refractivity contribution in [2.75, 3.05) is 0 Å². The fraction of sp³-hybridized carbons (Fsp3) is 0. The molecular weight excluding hydrogens is 342 g/mol. The molecule has 0 unspecified atom stereocenters. The van der Waals surface area contributed by atoms with E-state index in [1.165, 1.54) is 0 Å². The molecule has 0 N–H and O–H groups in total. The van der Waals surface area contributed by atoms with Crippen molar-refractivity contribution < 1.29 is 71.5 Å². The molecule has 0 nitrogen and oxygen atoms in total. The molecule has 0 fully saturated rings. The molecule has 22 heavy (non-hydrogen) atoms. The first-order chi connectivity index (χ1) is 9.42. The zero-order valence-electron chi connectivity index (χ0n) is 10.1. The minimum atomic E-state index is -6.57. The van der Waals surface area contributed by atoms with Crippen LogP contribution in [-0.2, 0) is 0 Å². The van der Waals surface area contributed by atoms with Gasteiger partial charge >= 0.3 is 18.9 Å². The number of hydrogen-bond donors (Lipinski definition) is 0. The maximum atomic E-state index is 13.0. The predicted octanol–water partition coefficient (Wildman–Crippen LogP) is 2.91. The molecule has 0 atom stereocenters. The molecule has 0 radical (unpaired) electrons. The standard InChI is InChI=1S/C8BF12.Li/c10-1(5(14)15)9(2(11)6(16)17,3(12)7(18)19)4(13)8(20)21;/q-1;+1. The van der Waals surface area contributed by atoms with Gasteiger partial charge in [0.05, 0.1) is 0 Å². The average Bonchev–Trinajstić information content (AvgIpc) is 2.37. The van der Waals surface area contributed by atoms with Crippen LogP contribution in [0.3, 0.4) is 0 Å². The summed E-state index contributed by atoms with van der Waals surface area (Å²) in [4.78, 5) is 0. The van der Waals surface area contributed by atoms with Crippen LogP contribution < -0.4 is 18.9 Å². The molecule has 0 spiro atoms. The molecule has 14 heteroatoms. The van der Waals surface area contributed by atoms with Crippen molar-refractivity contribution in [3.63, 3.8) is 0 Å². The van der Waals surface area contributed by atoms with E-state index in [-0.39, 0.29) is 18.9 Å². The second-order valence-corrected chi connectivity index (χ2v) is 3.30. The second kappa shape index (κ2) is 8.42. The van der Waals surface area contributed by atoms with Crippen LogP contribution in [0.1, 0.15) is 0 Å². The third-order valence-corrected chi connectivity index (χ3v) is 2.24. The van der Waals surface area contributed by atoms with Crippen molar-refractivity contribution in [2.45, 2.75) is 0 Å². The van der Waals surface area contributed by atoms with E-state index < -0.39 is 53.4 Å². The third-order valence-electron chi connectivity index (χ3n) is 2.24. The molecule has 0 aromatic rings. The fourth-order valence-corrected chi connectivity index (χ4v) is 1.32. The van der Waals surface area contributed by atoms with Crippen molar-refractivity contribution in [1.82, 2.24) is 0 Å². The Kier molecular flexibility index (Phi) is 8.83. The van der Waals surface area contributed by atoms with Crippen LogP contribution in [-0.4, -0.2) is 6.15 Å². The van der Waals surface area contributed by atoms with Gasteiger partial charge in [0.1, 0.15) is 0 Å². The Hall–Kier alpha value is -1.22. The molecule has 0 rings (SSSR count). The Labute approximate surface area is 125 Å². The fourth-order valence-electron chi connectivity index (χ4n) is 1.32. The van der Waals surface area contributed by atoms with Gasteiger partial charge in [-0.15, -0.1) is 0 Å². The summed E-state index contributed by atoms with van der Waals surface area (Å²) >= 11 is 0. The normalized spacial score (nSPS) is 10.4. The summed E-state index contributed by atoms with van der Waals surface area (Å²) in [5.74, 6) is 0. The molecule has 0 amide bonds. The second-order valence-electron chi connectivity index (χ2n) is 3.30. The third kappa shape index (κ3) is 3.95. The average molecular weight is 342 g/mol. The van der Waals surface area contributed by atoms with Crippen molar-refractivity contribution in [1.29, 1.82) is 0 Å². The number of halogens is 12. The van der Waals surface area contributed by atoms with Crippen LogP contribution in [0.25, 0.3) is 0 Å². The van der Waals surface area contributed by atoms with E-state index in [1.54, 1.807) is 0 Å². The van der Waals surface area contributed by atoms with Crippen LogP contribution in [0.15, 0.2) is 47.2 Å². The smallest absolute Gasteiger partial charge is 0.251 e. The van der Waals surface area contributed by atoms with Gasteiger partial charge in [0.25, 0.3) is 30.5 Å². The molecule has 0 aromatic carbocycles. The molecule has 0 aliphatic rings. The molecule has 120 valence electrons. The Balaban J connectivity index is 0. The van der Waals surface area contributed by atoms with Gasteiger partial charge in [-0.05, 0) is 0 Å². The van der Waals surface area contributed by atoms with Gasteiger partial charge in [-0.1, -0.05) is 0 Å². The first kappa shape index (κ1) is 23.1. The van der Waals surface area contributed by atoms with Gasteiger partial charge in [-0.25, -0.2) is 0 Å². The summed E-state index contributed by atoms with van der Waals surface area (Å²) in [6.07, 6.45) is -22.4. The van der Waals surface area contributed by atoms with Crippen molar-refractivity contribution in [3.8, 4) is 0 Å². The molecule has 0 aromatic heterocycles. The first-order valence-corrected chi connectivity index (χ1v) is 4.42. The molecule has 0 saturated carbocycles. The van der Waals surface area contributed by atoms with Gasteiger partial charge < -0.3 is 0 Å². The van der Waals surface area contributed by atoms with Crippen molar-refractivity contribution in [3.05, 3.63) is 47.2 Å². The summed E-state index contributed by atoms with van der Waals surface area (Å²) < 4.78 is 148. The maximum absolute atomic E-state index is 13.0. The summed E-state index contributed by atoms with van der Waals surface area (Å²) in [6, 6.07) is 0. The van der Waals surface area contributed by atoms with Gasteiger partial charge in [0, 0.05) is 22.9 Å². The van der Waals surface area contributed by atoms with E-state index >= 15 is 0 Å². The Morgan fingerprint density at radius 2 is 0.500 bits per heavy atom. The monoisotopic (exact) mass is 342 g/mol. The van der Waals surface area contributed by atoms with Crippen LogP contribution in [0.5, 0.6) is 0 Å². The van der Waals surface area contributed by atoms with Crippen LogP contribution >= 0.6 is 0 Å². The molecule has 0 aliphatic heterocycles. The molecule has 0 aliphatic carbocycles. The molecule has 0 bridgehead atoms. The van der Waals surface area contributed by atoms with Crippen molar-refractivity contribution >= 4 is 6.15 Å². The van der Waals surface area contributed by atoms with Crippen molar-refractivity contribution in [2.24, 2.45) is 0 Å². The Bertz CT molecular complexity index is 444. The van der Waals surface area contributed by atoms with E-state index in [9.17, 15) is 52.7 Å². The van der Waals surface area contributed by atoms with E-state index in [0.29, 0.717) is 0 Å². The van der Waals surface area contributed by atoms with Crippen LogP contribution in [0.2, 0.25) is 0 Å². The van der Waals surface area contributed by atoms with E-state index in [4.69, 9.17) is 0 Å². The van der Waals surface area contributed by atoms with Gasteiger partial charge in [0.2, 0.25) is 0 Å². The largest absolute Gasteiger partial charge is 1.00 e. The predicted molar refractivity (Wildman–Crippen MR) is 47.2 cm³/mol. The molecule has 0 saturated heterocycles. The van der Waals surface area contributed by atoms with E-state index in [1.807, 2.05) is 0 Å². The summed E-state index contributed by atoms with van der Waals surface area (Å²) in [5, 5.41) is 0. The zero-order valence-corrected chi connectivity index (χ0v) is 10.1. The zero-order chi connectivity index (χ0) is 17.1. The summed E-state index contributed by atoms with van der Waals surface area (Å²) in [6.45, 7) is 0. The van der Waals surface area contributed by atoms with Crippen LogP contribution in [0, 0.1) is 0 Å². The first-order valence-electron chi connectivity index (χ1n) is 4.42. The van der Waals surface area contributed by atoms with Gasteiger partial charge in [-0.3, -0.25) is 17.6 Å². The molecule has 0 heterocycles. The number of rotatable bonds is 4. The Morgan fingerprint density at radius 3 is 0.591 bits per heavy atom. The summed E-state index contributed by atoms with van der Waals surface area (Å²) in [7, 11) is 0. The minimum Gasteiger partial charge on any atom is -0.251 e. The Morgan fingerprint density at radius 1 is 0.364 bits per heavy atom. The van der Waals surface area contributed by atoms with Crippen LogP contribution in [0.4, 0.5) is 52.7 Å². The summed E-state index contributed by atoms with van der Waals surface area (Å²) in [5.41, 5.74) is -15.5. The van der Waals surface area contributed by atoms with Gasteiger partial charge in [-0.2, -0.15) is 35.1 Å². The number of hydrogen-bond acceptors (Lipinski definition) is 0. The molecular formula is C8BF12Li. The minimum absolute atomic E-state index is 0. The van der Waals surface area contributed by atoms with E-state index in [2.05, 4.69) is 0 Å². The quantitative estimate of drug-likeness (QED) is 0.545. The topological polar surface area (TPSA) is 0 Å². The van der Waals surface area contributed by atoms with E-state index in [0.717, 1.165) is 0 Å². The SMILES string of the molecule is FC(F)=C(F)[B-](C(F)=C(F)F)(C(F)=C(F)F)C(F)=C(F)F.[Li+].